The molecular weight excluding hydrogens is 458 g/mol. The number of allylic oxidation sites excluding steroid dienone is 1. The zero-order chi connectivity index (χ0) is 23.3. The zero-order valence-electron chi connectivity index (χ0n) is 16.8. The second-order valence-corrected chi connectivity index (χ2v) is 7.90. The normalized spacial score (nSPS) is 10.9. The lowest BCUT2D eigenvalue weighted by atomic mass is 10.1. The van der Waals surface area contributed by atoms with Gasteiger partial charge in [-0.3, -0.25) is 14.5 Å². The number of nitrogens with zero attached hydrogens (tertiary/aromatic N) is 2. The minimum atomic E-state index is -0.884. The van der Waals surface area contributed by atoms with Crippen LogP contribution < -0.4 is 9.64 Å². The van der Waals surface area contributed by atoms with E-state index in [1.165, 1.54) is 25.1 Å². The van der Waals surface area contributed by atoms with Gasteiger partial charge in [-0.05, 0) is 48.6 Å². The van der Waals surface area contributed by atoms with Gasteiger partial charge in [0.15, 0.2) is 10.9 Å². The van der Waals surface area contributed by atoms with Crippen LogP contribution in [0, 0.1) is 11.6 Å². The van der Waals surface area contributed by atoms with Crippen molar-refractivity contribution in [2.45, 2.75) is 6.92 Å². The summed E-state index contributed by atoms with van der Waals surface area (Å²) in [5.41, 5.74) is 0.736. The molecule has 3 aromatic rings. The van der Waals surface area contributed by atoms with Gasteiger partial charge in [0.1, 0.15) is 24.0 Å². The lowest BCUT2D eigenvalue weighted by molar-refractivity contribution is -0.115. The Kier molecular flexibility index (Phi) is 7.50. The van der Waals surface area contributed by atoms with Crippen molar-refractivity contribution < 1.29 is 23.1 Å². The molecule has 0 fully saturated rings. The van der Waals surface area contributed by atoms with Crippen molar-refractivity contribution in [2.75, 3.05) is 11.5 Å². The molecule has 0 saturated carbocycles. The van der Waals surface area contributed by atoms with Crippen LogP contribution in [0.3, 0.4) is 0 Å². The van der Waals surface area contributed by atoms with Gasteiger partial charge < -0.3 is 4.74 Å². The largest absolute Gasteiger partial charge is 0.488 e. The molecule has 0 atom stereocenters. The molecular formula is C23H17ClF2N2O3S. The third-order valence-corrected chi connectivity index (χ3v) is 5.06. The molecule has 164 valence electrons. The highest BCUT2D eigenvalue weighted by molar-refractivity contribution is 7.14. The summed E-state index contributed by atoms with van der Waals surface area (Å²) in [4.78, 5) is 29.8. The van der Waals surface area contributed by atoms with Gasteiger partial charge in [0, 0.05) is 29.0 Å². The van der Waals surface area contributed by atoms with E-state index in [0.29, 0.717) is 28.1 Å². The van der Waals surface area contributed by atoms with Crippen LogP contribution in [0.5, 0.6) is 5.75 Å². The first-order valence-corrected chi connectivity index (χ1v) is 10.5. The molecule has 5 nitrogen and oxygen atoms in total. The quantitative estimate of drug-likeness (QED) is 0.291. The minimum absolute atomic E-state index is 0.111. The Hall–Kier alpha value is -3.36. The van der Waals surface area contributed by atoms with E-state index in [4.69, 9.17) is 16.3 Å². The number of hydrogen-bond acceptors (Lipinski definition) is 5. The molecule has 0 bridgehead atoms. The first-order valence-electron chi connectivity index (χ1n) is 9.24. The van der Waals surface area contributed by atoms with Gasteiger partial charge in [-0.25, -0.2) is 13.8 Å². The SMILES string of the molecule is C=C(Cl)COc1ccc(C(=O)/C=C/c2csc(N(C(C)=O)c3ccc(F)cc3F)n2)cc1. The van der Waals surface area contributed by atoms with Crippen molar-refractivity contribution in [1.29, 1.82) is 0 Å². The molecule has 2 aromatic carbocycles. The molecule has 0 saturated heterocycles. The number of carbonyl (C=O) groups is 2. The van der Waals surface area contributed by atoms with Crippen molar-refractivity contribution in [3.05, 3.63) is 88.4 Å². The van der Waals surface area contributed by atoms with Crippen LogP contribution in [0.4, 0.5) is 19.6 Å². The maximum Gasteiger partial charge on any atom is 0.230 e. The summed E-state index contributed by atoms with van der Waals surface area (Å²) in [6, 6.07) is 9.43. The lowest BCUT2D eigenvalue weighted by Gasteiger charge is -2.18. The molecule has 3 rings (SSSR count). The summed E-state index contributed by atoms with van der Waals surface area (Å²) in [7, 11) is 0. The van der Waals surface area contributed by atoms with E-state index in [1.54, 1.807) is 29.6 Å². The van der Waals surface area contributed by atoms with E-state index in [0.717, 1.165) is 22.3 Å². The Morgan fingerprint density at radius 3 is 2.56 bits per heavy atom. The molecule has 0 aliphatic rings. The lowest BCUT2D eigenvalue weighted by Crippen LogP contribution is -2.23. The van der Waals surface area contributed by atoms with Gasteiger partial charge in [-0.15, -0.1) is 11.3 Å². The van der Waals surface area contributed by atoms with Gasteiger partial charge >= 0.3 is 0 Å². The monoisotopic (exact) mass is 474 g/mol. The Morgan fingerprint density at radius 2 is 1.94 bits per heavy atom. The highest BCUT2D eigenvalue weighted by Gasteiger charge is 2.21. The molecule has 0 aliphatic heterocycles. The van der Waals surface area contributed by atoms with Gasteiger partial charge in [0.05, 0.1) is 11.4 Å². The molecule has 1 amide bonds. The number of amides is 1. The number of thiazole rings is 1. The number of aromatic nitrogens is 1. The number of hydrogen-bond donors (Lipinski definition) is 0. The Labute approximate surface area is 192 Å². The summed E-state index contributed by atoms with van der Waals surface area (Å²) in [6.07, 6.45) is 2.83. The van der Waals surface area contributed by atoms with E-state index < -0.39 is 17.5 Å². The van der Waals surface area contributed by atoms with Crippen LogP contribution in [0.25, 0.3) is 6.08 Å². The van der Waals surface area contributed by atoms with Crippen LogP contribution >= 0.6 is 22.9 Å². The van der Waals surface area contributed by atoms with Crippen molar-refractivity contribution >= 4 is 51.5 Å². The van der Waals surface area contributed by atoms with Crippen LogP contribution in [0.1, 0.15) is 23.0 Å². The highest BCUT2D eigenvalue weighted by atomic mass is 35.5. The fourth-order valence-electron chi connectivity index (χ4n) is 2.66. The summed E-state index contributed by atoms with van der Waals surface area (Å²) >= 11 is 6.74. The third-order valence-electron chi connectivity index (χ3n) is 4.11. The van der Waals surface area contributed by atoms with Gasteiger partial charge in [-0.1, -0.05) is 18.2 Å². The molecule has 0 N–H and O–H groups in total. The first kappa shape index (κ1) is 23.3. The number of ketones is 1. The zero-order valence-corrected chi connectivity index (χ0v) is 18.4. The number of carbonyl (C=O) groups excluding carboxylic acids is 2. The Balaban J connectivity index is 1.74. The standard InChI is InChI=1S/C23H17ClF2N2O3S/c1-14(24)12-31-19-7-3-16(4-8-19)22(30)10-6-18-13-32-23(27-18)28(15(2)29)21-9-5-17(25)11-20(21)26/h3-11,13H,1,12H2,2H3/b10-6+. The fraction of sp³-hybridized carbons (Fsp3) is 0.0870. The molecule has 0 radical (unpaired) electrons. The predicted octanol–water partition coefficient (Wildman–Crippen LogP) is 6.13. The predicted molar refractivity (Wildman–Crippen MR) is 122 cm³/mol. The Bertz CT molecular complexity index is 1190. The molecule has 32 heavy (non-hydrogen) atoms. The second kappa shape index (κ2) is 10.3. The van der Waals surface area contributed by atoms with Gasteiger partial charge in [0.2, 0.25) is 5.91 Å². The molecule has 0 unspecified atom stereocenters. The fourth-order valence-corrected chi connectivity index (χ4v) is 3.56. The number of anilines is 2. The van der Waals surface area contributed by atoms with Crippen LogP contribution in [0.2, 0.25) is 0 Å². The van der Waals surface area contributed by atoms with E-state index in [1.807, 2.05) is 0 Å². The summed E-state index contributed by atoms with van der Waals surface area (Å²) in [5, 5.41) is 2.17. The summed E-state index contributed by atoms with van der Waals surface area (Å²) in [5.74, 6) is -1.84. The number of halogens is 3. The topological polar surface area (TPSA) is 59.5 Å². The number of rotatable bonds is 8. The maximum atomic E-state index is 14.2. The first-order chi connectivity index (χ1) is 15.2. The van der Waals surface area contributed by atoms with E-state index in [2.05, 4.69) is 11.6 Å². The van der Waals surface area contributed by atoms with Crippen LogP contribution in [-0.2, 0) is 4.79 Å². The average molecular weight is 475 g/mol. The van der Waals surface area contributed by atoms with E-state index in [-0.39, 0.29) is 23.2 Å². The van der Waals surface area contributed by atoms with Crippen molar-refractivity contribution in [3.8, 4) is 5.75 Å². The second-order valence-electron chi connectivity index (χ2n) is 6.53. The molecule has 0 spiro atoms. The molecule has 1 aromatic heterocycles. The minimum Gasteiger partial charge on any atom is -0.488 e. The van der Waals surface area contributed by atoms with Gasteiger partial charge in [-0.2, -0.15) is 0 Å². The van der Waals surface area contributed by atoms with Crippen molar-refractivity contribution in [3.63, 3.8) is 0 Å². The molecule has 9 heteroatoms. The number of benzene rings is 2. The summed E-state index contributed by atoms with van der Waals surface area (Å²) in [6.45, 7) is 4.95. The number of ether oxygens (including phenoxy) is 1. The van der Waals surface area contributed by atoms with Crippen molar-refractivity contribution in [1.82, 2.24) is 4.98 Å². The third kappa shape index (κ3) is 5.87. The van der Waals surface area contributed by atoms with Crippen molar-refractivity contribution in [2.24, 2.45) is 0 Å². The van der Waals surface area contributed by atoms with E-state index in [9.17, 15) is 18.4 Å². The molecule has 1 heterocycles. The van der Waals surface area contributed by atoms with Gasteiger partial charge in [0.25, 0.3) is 0 Å². The average Bonchev–Trinajstić information content (AvgIpc) is 3.21. The maximum absolute atomic E-state index is 14.2. The Morgan fingerprint density at radius 1 is 1.22 bits per heavy atom. The van der Waals surface area contributed by atoms with Crippen LogP contribution in [0.15, 0.2) is 65.5 Å². The smallest absolute Gasteiger partial charge is 0.230 e. The van der Waals surface area contributed by atoms with E-state index >= 15 is 0 Å². The highest BCUT2D eigenvalue weighted by Crippen LogP contribution is 2.31. The molecule has 0 aliphatic carbocycles. The van der Waals surface area contributed by atoms with Crippen LogP contribution in [-0.4, -0.2) is 23.3 Å². The summed E-state index contributed by atoms with van der Waals surface area (Å²) < 4.78 is 32.8.